The minimum atomic E-state index is -5.12. The molecule has 11 heteroatoms. The van der Waals surface area contributed by atoms with Crippen molar-refractivity contribution in [1.29, 1.82) is 0 Å². The van der Waals surface area contributed by atoms with E-state index in [1.165, 1.54) is 7.11 Å². The van der Waals surface area contributed by atoms with Crippen LogP contribution in [0.2, 0.25) is 0 Å². The van der Waals surface area contributed by atoms with E-state index in [-0.39, 0.29) is 6.54 Å². The Bertz CT molecular complexity index is 930. The molecule has 0 saturated carbocycles. The lowest BCUT2D eigenvalue weighted by atomic mass is 10.2. The summed E-state index contributed by atoms with van der Waals surface area (Å²) in [6, 6.07) is 6.49. The predicted octanol–water partition coefficient (Wildman–Crippen LogP) is 3.92. The third-order valence-corrected chi connectivity index (χ3v) is 3.50. The standard InChI is InChI=1S/C15H10F6N4O/c1-26-9-4-2-8(3-5-9)6-25-7-22-10-11(14(16,17)18)23-13(15(19,20)21)24-12(10)25/h2-5,7H,6H2,1H3. The fourth-order valence-corrected chi connectivity index (χ4v) is 2.31. The quantitative estimate of drug-likeness (QED) is 0.651. The maximum absolute atomic E-state index is 13.1. The third-order valence-electron chi connectivity index (χ3n) is 3.50. The van der Waals surface area contributed by atoms with Crippen molar-refractivity contribution >= 4 is 11.2 Å². The Hall–Kier alpha value is -2.85. The summed E-state index contributed by atoms with van der Waals surface area (Å²) in [5.41, 5.74) is -2.39. The number of fused-ring (bicyclic) bond motifs is 1. The lowest BCUT2D eigenvalue weighted by molar-refractivity contribution is -0.151. The van der Waals surface area contributed by atoms with Crippen LogP contribution in [0.1, 0.15) is 17.1 Å². The summed E-state index contributed by atoms with van der Waals surface area (Å²) in [5, 5.41) is 0. The van der Waals surface area contributed by atoms with Crippen LogP contribution in [0.5, 0.6) is 5.75 Å². The number of ether oxygens (including phenoxy) is 1. The zero-order valence-electron chi connectivity index (χ0n) is 13.1. The minimum absolute atomic E-state index is 0.0217. The van der Waals surface area contributed by atoms with Gasteiger partial charge in [0.05, 0.1) is 20.0 Å². The Balaban J connectivity index is 2.12. The lowest BCUT2D eigenvalue weighted by Gasteiger charge is -2.11. The number of alkyl halides is 6. The number of benzene rings is 1. The summed E-state index contributed by atoms with van der Waals surface area (Å²) in [6.07, 6.45) is -9.22. The van der Waals surface area contributed by atoms with Crippen LogP contribution in [-0.4, -0.2) is 26.6 Å². The highest BCUT2D eigenvalue weighted by Gasteiger charge is 2.42. The predicted molar refractivity (Wildman–Crippen MR) is 77.4 cm³/mol. The van der Waals surface area contributed by atoms with Crippen molar-refractivity contribution in [3.8, 4) is 5.75 Å². The van der Waals surface area contributed by atoms with E-state index in [0.29, 0.717) is 11.3 Å². The summed E-state index contributed by atoms with van der Waals surface area (Å²) in [6.45, 7) is -0.0217. The molecule has 1 aromatic carbocycles. The first-order valence-corrected chi connectivity index (χ1v) is 7.10. The van der Waals surface area contributed by atoms with Gasteiger partial charge in [-0.2, -0.15) is 26.3 Å². The molecule has 0 amide bonds. The molecule has 0 aliphatic carbocycles. The van der Waals surface area contributed by atoms with Crippen LogP contribution in [0.15, 0.2) is 30.6 Å². The molecule has 0 fully saturated rings. The first-order chi connectivity index (χ1) is 12.1. The molecule has 0 radical (unpaired) electrons. The van der Waals surface area contributed by atoms with Gasteiger partial charge in [-0.05, 0) is 17.7 Å². The van der Waals surface area contributed by atoms with Gasteiger partial charge in [0.2, 0.25) is 5.82 Å². The summed E-state index contributed by atoms with van der Waals surface area (Å²) in [7, 11) is 1.46. The molecule has 0 N–H and O–H groups in total. The van der Waals surface area contributed by atoms with Gasteiger partial charge in [0.25, 0.3) is 0 Å². The number of rotatable bonds is 3. The van der Waals surface area contributed by atoms with Crippen molar-refractivity contribution in [1.82, 2.24) is 19.5 Å². The zero-order chi connectivity index (χ0) is 19.1. The van der Waals surface area contributed by atoms with Gasteiger partial charge in [-0.3, -0.25) is 0 Å². The second-order valence-corrected chi connectivity index (χ2v) is 5.28. The Labute approximate surface area is 142 Å². The van der Waals surface area contributed by atoms with Gasteiger partial charge in [0.1, 0.15) is 11.3 Å². The van der Waals surface area contributed by atoms with Crippen LogP contribution in [-0.2, 0) is 18.9 Å². The molecule has 26 heavy (non-hydrogen) atoms. The van der Waals surface area contributed by atoms with Gasteiger partial charge in [0, 0.05) is 0 Å². The molecule has 0 unspecified atom stereocenters. The van der Waals surface area contributed by atoms with Gasteiger partial charge >= 0.3 is 12.4 Å². The molecule has 5 nitrogen and oxygen atoms in total. The Morgan fingerprint density at radius 3 is 2.15 bits per heavy atom. The van der Waals surface area contributed by atoms with E-state index in [2.05, 4.69) is 15.0 Å². The monoisotopic (exact) mass is 376 g/mol. The number of nitrogens with zero attached hydrogens (tertiary/aromatic N) is 4. The first kappa shape index (κ1) is 18.0. The Morgan fingerprint density at radius 1 is 0.962 bits per heavy atom. The number of imidazole rings is 1. The molecule has 138 valence electrons. The van der Waals surface area contributed by atoms with Gasteiger partial charge in [-0.1, -0.05) is 12.1 Å². The van der Waals surface area contributed by atoms with E-state index >= 15 is 0 Å². The highest BCUT2D eigenvalue weighted by atomic mass is 19.4. The van der Waals surface area contributed by atoms with Gasteiger partial charge < -0.3 is 9.30 Å². The van der Waals surface area contributed by atoms with E-state index in [1.54, 1.807) is 24.3 Å². The van der Waals surface area contributed by atoms with Crippen LogP contribution in [0.3, 0.4) is 0 Å². The molecule has 2 heterocycles. The maximum Gasteiger partial charge on any atom is 0.451 e. The van der Waals surface area contributed by atoms with Crippen molar-refractivity contribution in [2.24, 2.45) is 0 Å². The largest absolute Gasteiger partial charge is 0.497 e. The Kier molecular flexibility index (Phi) is 4.24. The van der Waals surface area contributed by atoms with E-state index < -0.39 is 35.0 Å². The van der Waals surface area contributed by atoms with Gasteiger partial charge in [0.15, 0.2) is 11.3 Å². The second-order valence-electron chi connectivity index (χ2n) is 5.28. The number of aromatic nitrogens is 4. The summed E-state index contributed by atoms with van der Waals surface area (Å²) >= 11 is 0. The summed E-state index contributed by atoms with van der Waals surface area (Å²) in [5.74, 6) is -1.31. The topological polar surface area (TPSA) is 52.8 Å². The fraction of sp³-hybridized carbons (Fsp3) is 0.267. The second kappa shape index (κ2) is 6.15. The number of methoxy groups -OCH3 is 1. The molecule has 0 aliphatic rings. The van der Waals surface area contributed by atoms with Crippen LogP contribution in [0.25, 0.3) is 11.2 Å². The van der Waals surface area contributed by atoms with Crippen molar-refractivity contribution < 1.29 is 31.1 Å². The van der Waals surface area contributed by atoms with Crippen LogP contribution in [0.4, 0.5) is 26.3 Å². The SMILES string of the molecule is COc1ccc(Cn2cnc3c(C(F)(F)F)nc(C(F)(F)F)nc32)cc1. The Morgan fingerprint density at radius 2 is 1.62 bits per heavy atom. The summed E-state index contributed by atoms with van der Waals surface area (Å²) in [4.78, 5) is 9.45. The lowest BCUT2D eigenvalue weighted by Crippen LogP contribution is -2.18. The molecule has 0 spiro atoms. The van der Waals surface area contributed by atoms with Crippen molar-refractivity contribution in [3.05, 3.63) is 47.7 Å². The molecule has 0 aliphatic heterocycles. The number of halogens is 6. The number of hydrogen-bond donors (Lipinski definition) is 0. The molecular formula is C15H10F6N4O. The summed E-state index contributed by atoms with van der Waals surface area (Å²) < 4.78 is 84.0. The normalized spacial score (nSPS) is 12.6. The van der Waals surface area contributed by atoms with Crippen molar-refractivity contribution in [3.63, 3.8) is 0 Å². The van der Waals surface area contributed by atoms with E-state index in [0.717, 1.165) is 10.9 Å². The van der Waals surface area contributed by atoms with Crippen molar-refractivity contribution in [2.75, 3.05) is 7.11 Å². The third kappa shape index (κ3) is 3.41. The highest BCUT2D eigenvalue weighted by molar-refractivity contribution is 5.74. The smallest absolute Gasteiger partial charge is 0.451 e. The van der Waals surface area contributed by atoms with Crippen molar-refractivity contribution in [2.45, 2.75) is 18.9 Å². The van der Waals surface area contributed by atoms with Crippen LogP contribution in [0, 0.1) is 0 Å². The van der Waals surface area contributed by atoms with Crippen LogP contribution >= 0.6 is 0 Å². The maximum atomic E-state index is 13.1. The molecule has 0 saturated heterocycles. The van der Waals surface area contributed by atoms with E-state index in [1.807, 2.05) is 0 Å². The van der Waals surface area contributed by atoms with E-state index in [4.69, 9.17) is 4.74 Å². The first-order valence-electron chi connectivity index (χ1n) is 7.10. The number of hydrogen-bond acceptors (Lipinski definition) is 4. The molecule has 0 atom stereocenters. The van der Waals surface area contributed by atoms with Gasteiger partial charge in [-0.25, -0.2) is 15.0 Å². The molecule has 3 rings (SSSR count). The molecular weight excluding hydrogens is 366 g/mol. The fourth-order valence-electron chi connectivity index (χ4n) is 2.31. The minimum Gasteiger partial charge on any atom is -0.497 e. The average Bonchev–Trinajstić information content (AvgIpc) is 2.96. The molecule has 3 aromatic rings. The van der Waals surface area contributed by atoms with E-state index in [9.17, 15) is 26.3 Å². The van der Waals surface area contributed by atoms with Gasteiger partial charge in [-0.15, -0.1) is 0 Å². The highest BCUT2D eigenvalue weighted by Crippen LogP contribution is 2.35. The molecule has 2 aromatic heterocycles. The average molecular weight is 376 g/mol. The zero-order valence-corrected chi connectivity index (χ0v) is 13.1. The molecule has 0 bridgehead atoms. The van der Waals surface area contributed by atoms with Crippen LogP contribution < -0.4 is 4.74 Å².